The maximum absolute atomic E-state index is 3.81. The van der Waals surface area contributed by atoms with Crippen LogP contribution in [0.1, 0.15) is 6.92 Å². The minimum atomic E-state index is -0.00218. The monoisotopic (exact) mass is 425 g/mol. The molecule has 0 aromatic carbocycles. The molecule has 1 aliphatic carbocycles. The Hall–Kier alpha value is 1.88. The summed E-state index contributed by atoms with van der Waals surface area (Å²) in [6.45, 7) is 4.54. The van der Waals surface area contributed by atoms with Gasteiger partial charge < -0.3 is 0 Å². The van der Waals surface area contributed by atoms with Crippen LogP contribution in [-0.2, 0) is 24.7 Å². The summed E-state index contributed by atoms with van der Waals surface area (Å²) in [7, 11) is -0.00218. The van der Waals surface area contributed by atoms with Crippen LogP contribution in [0.3, 0.4) is 0 Å². The van der Waals surface area contributed by atoms with E-state index >= 15 is 0 Å². The fourth-order valence-electron chi connectivity index (χ4n) is 1.54. The molecule has 0 saturated carbocycles. The van der Waals surface area contributed by atoms with Crippen molar-refractivity contribution in [1.82, 2.24) is 0 Å². The van der Waals surface area contributed by atoms with Gasteiger partial charge in [0.05, 0.1) is 0 Å². The fraction of sp³-hybridized carbons (Fsp3) is 0.333. The first-order valence-electron chi connectivity index (χ1n) is 3.82. The molecule has 0 nitrogen and oxygen atoms in total. The Morgan fingerprint density at radius 2 is 1.80 bits per heavy atom. The Morgan fingerprint density at radius 3 is 2.27 bits per heavy atom. The van der Waals surface area contributed by atoms with E-state index in [2.05, 4.69) is 47.7 Å². The van der Waals surface area contributed by atoms with Crippen molar-refractivity contribution >= 4 is 61.1 Å². The van der Waals surface area contributed by atoms with Crippen LogP contribution in [0.2, 0.25) is 0 Å². The largest absolute Gasteiger partial charge is 0.147 e. The summed E-state index contributed by atoms with van der Waals surface area (Å²) >= 11 is 5.38. The molecule has 0 radical (unpaired) electrons. The summed E-state index contributed by atoms with van der Waals surface area (Å²) in [5.41, 5.74) is 2.87. The molecule has 0 N–H and O–H groups in total. The number of halogens is 4. The van der Waals surface area contributed by atoms with Gasteiger partial charge in [0.1, 0.15) is 0 Å². The van der Waals surface area contributed by atoms with E-state index < -0.39 is 0 Å². The third-order valence-electron chi connectivity index (χ3n) is 2.24. The van der Waals surface area contributed by atoms with Crippen molar-refractivity contribution in [3.8, 4) is 0 Å². The van der Waals surface area contributed by atoms with E-state index in [9.17, 15) is 0 Å². The SMILES string of the molecule is CC1=CC2=C[C](Br)([Zr])P(C)C2=C1.Cl.Cl.Cl. The van der Waals surface area contributed by atoms with Gasteiger partial charge in [-0.25, -0.2) is 0 Å². The number of alkyl halides is 1. The van der Waals surface area contributed by atoms with Gasteiger partial charge in [0.15, 0.2) is 0 Å². The van der Waals surface area contributed by atoms with E-state index in [1.165, 1.54) is 11.1 Å². The van der Waals surface area contributed by atoms with Gasteiger partial charge in [-0.1, -0.05) is 0 Å². The summed E-state index contributed by atoms with van der Waals surface area (Å²) < 4.78 is 0.327. The maximum atomic E-state index is 3.81. The van der Waals surface area contributed by atoms with Crippen molar-refractivity contribution in [3.63, 3.8) is 0 Å². The van der Waals surface area contributed by atoms with Crippen LogP contribution in [0.25, 0.3) is 0 Å². The minimum Gasteiger partial charge on any atom is -0.147 e. The van der Waals surface area contributed by atoms with Crippen LogP contribution in [0.5, 0.6) is 0 Å². The van der Waals surface area contributed by atoms with Crippen molar-refractivity contribution in [2.24, 2.45) is 0 Å². The normalized spacial score (nSPS) is 31.1. The third-order valence-corrected chi connectivity index (χ3v) is 9.11. The van der Waals surface area contributed by atoms with Gasteiger partial charge >= 0.3 is 98.6 Å². The standard InChI is InChI=1S/C9H9BrP.3ClH.Zr/c1-6-3-7-5-9(10)11(2)8(7)4-6;;;;/h3-5H,1-2H3;3*1H;. The molecule has 0 bridgehead atoms. The molecule has 1 aliphatic heterocycles. The molecular formula is C9H12BrCl3PZr. The number of allylic oxidation sites excluding steroid dienone is 6. The molecule has 85 valence electrons. The molecule has 2 aliphatic rings. The van der Waals surface area contributed by atoms with Crippen LogP contribution >= 0.6 is 61.1 Å². The molecule has 0 aromatic heterocycles. The van der Waals surface area contributed by atoms with Crippen molar-refractivity contribution in [2.45, 2.75) is 8.70 Å². The van der Waals surface area contributed by atoms with Crippen molar-refractivity contribution in [3.05, 3.63) is 34.7 Å². The van der Waals surface area contributed by atoms with E-state index in [1.54, 1.807) is 30.0 Å². The van der Waals surface area contributed by atoms with Gasteiger partial charge in [0, 0.05) is 0 Å². The number of hydrogen-bond donors (Lipinski definition) is 0. The number of rotatable bonds is 0. The molecular weight excluding hydrogens is 417 g/mol. The quantitative estimate of drug-likeness (QED) is 0.386. The first-order chi connectivity index (χ1) is 5.50. The van der Waals surface area contributed by atoms with E-state index in [0.29, 0.717) is 1.77 Å². The molecule has 0 saturated heterocycles. The zero-order valence-corrected chi connectivity index (χ0v) is 15.7. The Balaban J connectivity index is 0. The number of fused-ring (bicyclic) bond motifs is 1. The second kappa shape index (κ2) is 6.72. The summed E-state index contributed by atoms with van der Waals surface area (Å²) in [6, 6.07) is 0. The molecule has 0 amide bonds. The average molecular weight is 429 g/mol. The predicted molar refractivity (Wildman–Crippen MR) is 76.2 cm³/mol. The first kappa shape index (κ1) is 19.2. The third kappa shape index (κ3) is 3.67. The second-order valence-corrected chi connectivity index (χ2v) is 12.2. The van der Waals surface area contributed by atoms with Crippen LogP contribution in [0.15, 0.2) is 34.7 Å². The summed E-state index contributed by atoms with van der Waals surface area (Å²) in [5, 5.41) is 1.58. The molecule has 0 aromatic rings. The number of hydrogen-bond acceptors (Lipinski definition) is 0. The average Bonchev–Trinajstić information content (AvgIpc) is 2.35. The van der Waals surface area contributed by atoms with Crippen LogP contribution < -0.4 is 0 Å². The second-order valence-electron chi connectivity index (χ2n) is 3.25. The van der Waals surface area contributed by atoms with Gasteiger partial charge in [-0.2, -0.15) is 0 Å². The Labute approximate surface area is 134 Å². The Bertz CT molecular complexity index is 336. The molecule has 1 heterocycles. The van der Waals surface area contributed by atoms with Gasteiger partial charge in [-0.3, -0.25) is 0 Å². The minimum absolute atomic E-state index is 0. The molecule has 6 heteroatoms. The molecule has 2 unspecified atom stereocenters. The van der Waals surface area contributed by atoms with Gasteiger partial charge in [-0.15, -0.1) is 37.2 Å². The van der Waals surface area contributed by atoms with Crippen LogP contribution in [0.4, 0.5) is 0 Å². The van der Waals surface area contributed by atoms with Crippen molar-refractivity contribution < 1.29 is 24.7 Å². The molecule has 2 rings (SSSR count). The smallest absolute Gasteiger partial charge is 0.147 e. The zero-order chi connectivity index (χ0) is 8.93. The summed E-state index contributed by atoms with van der Waals surface area (Å²) in [4.78, 5) is 0. The maximum Gasteiger partial charge on any atom is -0.147 e. The van der Waals surface area contributed by atoms with Gasteiger partial charge in [0.25, 0.3) is 0 Å². The Kier molecular flexibility index (Phi) is 8.61. The van der Waals surface area contributed by atoms with E-state index in [-0.39, 0.29) is 45.1 Å². The first-order valence-corrected chi connectivity index (χ1v) is 7.63. The van der Waals surface area contributed by atoms with E-state index in [0.717, 1.165) is 0 Å². The molecule has 0 fully saturated rings. The summed E-state index contributed by atoms with van der Waals surface area (Å²) in [5.74, 6) is 0. The van der Waals surface area contributed by atoms with Gasteiger partial charge in [-0.05, 0) is 0 Å². The topological polar surface area (TPSA) is 0 Å². The Morgan fingerprint density at radius 1 is 1.27 bits per heavy atom. The van der Waals surface area contributed by atoms with Crippen LogP contribution in [-0.4, -0.2) is 8.44 Å². The van der Waals surface area contributed by atoms with Crippen LogP contribution in [0, 0.1) is 0 Å². The summed E-state index contributed by atoms with van der Waals surface area (Å²) in [6.07, 6.45) is 7.02. The fourth-order valence-corrected chi connectivity index (χ4v) is 5.23. The molecule has 2 atom stereocenters. The van der Waals surface area contributed by atoms with Crippen molar-refractivity contribution in [2.75, 3.05) is 6.66 Å². The predicted octanol–water partition coefficient (Wildman–Crippen LogP) is 4.74. The molecule has 15 heavy (non-hydrogen) atoms. The molecule has 0 spiro atoms. The van der Waals surface area contributed by atoms with Crippen molar-refractivity contribution in [1.29, 1.82) is 0 Å². The zero-order valence-electron chi connectivity index (χ0n) is 8.28. The van der Waals surface area contributed by atoms with E-state index in [1.807, 2.05) is 0 Å². The van der Waals surface area contributed by atoms with E-state index in [4.69, 9.17) is 0 Å². The van der Waals surface area contributed by atoms with Gasteiger partial charge in [0.2, 0.25) is 0 Å².